The van der Waals surface area contributed by atoms with Gasteiger partial charge in [0.05, 0.1) is 5.69 Å². The van der Waals surface area contributed by atoms with Crippen LogP contribution in [0.25, 0.3) is 0 Å². The monoisotopic (exact) mass is 332 g/mol. The van der Waals surface area contributed by atoms with E-state index in [0.717, 1.165) is 23.0 Å². The average Bonchev–Trinajstić information content (AvgIpc) is 2.78. The highest BCUT2D eigenvalue weighted by molar-refractivity contribution is 8.16. The van der Waals surface area contributed by atoms with Crippen LogP contribution in [0.15, 0.2) is 48.5 Å². The zero-order chi connectivity index (χ0) is 15.7. The number of hydrogen-bond donors (Lipinski definition) is 1. The first-order valence-corrected chi connectivity index (χ1v) is 7.94. The molecule has 0 radical (unpaired) electrons. The molecule has 1 aliphatic heterocycles. The second kappa shape index (κ2) is 6.02. The molecule has 2 aromatic carbocycles. The van der Waals surface area contributed by atoms with E-state index in [1.807, 2.05) is 19.1 Å². The second-order valence-electron chi connectivity index (χ2n) is 4.88. The molecular weight excluding hydrogens is 320 g/mol. The number of amides is 2. The number of benzene rings is 2. The number of anilines is 2. The van der Waals surface area contributed by atoms with Crippen LogP contribution >= 0.6 is 23.4 Å². The van der Waals surface area contributed by atoms with Crippen LogP contribution < -0.4 is 10.2 Å². The summed E-state index contributed by atoms with van der Waals surface area (Å²) >= 11 is 6.95. The van der Waals surface area contributed by atoms with Crippen LogP contribution in [0.1, 0.15) is 5.56 Å². The standard InChI is InChI=1S/C16H13ClN2O2S/c1-10-7-8-11(17)9-13(10)18-14-15(20)19(16(21)22-14)12-5-3-2-4-6-12/h2-9,14,18H,1H3/t14-/m1/s1. The first kappa shape index (κ1) is 14.9. The molecule has 2 aromatic rings. The van der Waals surface area contributed by atoms with Crippen molar-refractivity contribution in [3.63, 3.8) is 0 Å². The van der Waals surface area contributed by atoms with E-state index in [2.05, 4.69) is 5.32 Å². The highest BCUT2D eigenvalue weighted by Gasteiger charge is 2.40. The largest absolute Gasteiger partial charge is 0.365 e. The van der Waals surface area contributed by atoms with E-state index in [1.165, 1.54) is 4.90 Å². The van der Waals surface area contributed by atoms with Gasteiger partial charge in [0.1, 0.15) is 0 Å². The van der Waals surface area contributed by atoms with Gasteiger partial charge in [-0.25, -0.2) is 4.90 Å². The van der Waals surface area contributed by atoms with E-state index in [9.17, 15) is 9.59 Å². The second-order valence-corrected chi connectivity index (χ2v) is 6.37. The molecule has 4 nitrogen and oxygen atoms in total. The van der Waals surface area contributed by atoms with Crippen molar-refractivity contribution in [1.29, 1.82) is 0 Å². The number of imide groups is 1. The first-order chi connectivity index (χ1) is 10.6. The van der Waals surface area contributed by atoms with Gasteiger partial charge in [0.2, 0.25) is 0 Å². The van der Waals surface area contributed by atoms with Gasteiger partial charge in [-0.15, -0.1) is 0 Å². The molecule has 0 saturated carbocycles. The lowest BCUT2D eigenvalue weighted by atomic mass is 10.2. The minimum atomic E-state index is -0.648. The van der Waals surface area contributed by atoms with Gasteiger partial charge < -0.3 is 5.32 Å². The Hall–Kier alpha value is -1.98. The summed E-state index contributed by atoms with van der Waals surface area (Å²) in [6, 6.07) is 14.3. The van der Waals surface area contributed by atoms with Gasteiger partial charge >= 0.3 is 0 Å². The van der Waals surface area contributed by atoms with Crippen LogP contribution in [0.4, 0.5) is 16.2 Å². The Kier molecular flexibility index (Phi) is 4.09. The van der Waals surface area contributed by atoms with Crippen LogP contribution in [0, 0.1) is 6.92 Å². The van der Waals surface area contributed by atoms with Crippen molar-refractivity contribution in [3.05, 3.63) is 59.1 Å². The minimum absolute atomic E-state index is 0.277. The molecule has 3 rings (SSSR count). The minimum Gasteiger partial charge on any atom is -0.365 e. The van der Waals surface area contributed by atoms with E-state index in [-0.39, 0.29) is 11.1 Å². The van der Waals surface area contributed by atoms with Crippen molar-refractivity contribution in [2.45, 2.75) is 12.3 Å². The summed E-state index contributed by atoms with van der Waals surface area (Å²) < 4.78 is 0. The highest BCUT2D eigenvalue weighted by Crippen LogP contribution is 2.33. The molecule has 1 saturated heterocycles. The van der Waals surface area contributed by atoms with Gasteiger partial charge in [0.25, 0.3) is 11.1 Å². The molecular formula is C16H13ClN2O2S. The lowest BCUT2D eigenvalue weighted by Crippen LogP contribution is -2.34. The van der Waals surface area contributed by atoms with Crippen molar-refractivity contribution in [2.24, 2.45) is 0 Å². The lowest BCUT2D eigenvalue weighted by molar-refractivity contribution is -0.116. The molecule has 0 spiro atoms. The molecule has 0 aliphatic carbocycles. The summed E-state index contributed by atoms with van der Waals surface area (Å²) in [5.74, 6) is -0.277. The summed E-state index contributed by atoms with van der Waals surface area (Å²) in [6.07, 6.45) is 0. The Bertz CT molecular complexity index is 736. The lowest BCUT2D eigenvalue weighted by Gasteiger charge is -2.16. The van der Waals surface area contributed by atoms with Crippen LogP contribution in [0.3, 0.4) is 0 Å². The number of rotatable bonds is 3. The molecule has 22 heavy (non-hydrogen) atoms. The summed E-state index contributed by atoms with van der Waals surface area (Å²) in [7, 11) is 0. The Morgan fingerprint density at radius 3 is 2.59 bits per heavy atom. The maximum absolute atomic E-state index is 12.5. The van der Waals surface area contributed by atoms with Gasteiger partial charge in [-0.05, 0) is 48.5 Å². The fraction of sp³-hybridized carbons (Fsp3) is 0.125. The van der Waals surface area contributed by atoms with Crippen molar-refractivity contribution in [3.8, 4) is 0 Å². The number of hydrogen-bond acceptors (Lipinski definition) is 4. The Morgan fingerprint density at radius 2 is 1.86 bits per heavy atom. The number of aryl methyl sites for hydroxylation is 1. The predicted octanol–water partition coefficient (Wildman–Crippen LogP) is 4.29. The van der Waals surface area contributed by atoms with E-state index in [0.29, 0.717) is 10.7 Å². The van der Waals surface area contributed by atoms with Gasteiger partial charge in [-0.2, -0.15) is 0 Å². The maximum atomic E-state index is 12.5. The van der Waals surface area contributed by atoms with Gasteiger partial charge in [0.15, 0.2) is 5.37 Å². The van der Waals surface area contributed by atoms with Gasteiger partial charge in [0, 0.05) is 10.7 Å². The summed E-state index contributed by atoms with van der Waals surface area (Å²) in [4.78, 5) is 25.8. The molecule has 0 bridgehead atoms. The number of halogens is 1. The molecule has 1 heterocycles. The zero-order valence-electron chi connectivity index (χ0n) is 11.7. The van der Waals surface area contributed by atoms with Crippen molar-refractivity contribution in [2.75, 3.05) is 10.2 Å². The first-order valence-electron chi connectivity index (χ1n) is 6.68. The fourth-order valence-electron chi connectivity index (χ4n) is 2.20. The molecule has 1 fully saturated rings. The molecule has 0 unspecified atom stereocenters. The Labute approximate surface area is 137 Å². The number of thioether (sulfide) groups is 1. The maximum Gasteiger partial charge on any atom is 0.295 e. The van der Waals surface area contributed by atoms with Crippen LogP contribution in [-0.2, 0) is 4.79 Å². The van der Waals surface area contributed by atoms with Crippen LogP contribution in [-0.4, -0.2) is 16.5 Å². The van der Waals surface area contributed by atoms with Gasteiger partial charge in [-0.3, -0.25) is 9.59 Å². The summed E-state index contributed by atoms with van der Waals surface area (Å²) in [5, 5.41) is 2.74. The Morgan fingerprint density at radius 1 is 1.14 bits per heavy atom. The zero-order valence-corrected chi connectivity index (χ0v) is 13.3. The number of carbonyl (C=O) groups is 2. The molecule has 6 heteroatoms. The highest BCUT2D eigenvalue weighted by atomic mass is 35.5. The van der Waals surface area contributed by atoms with Crippen molar-refractivity contribution < 1.29 is 9.59 Å². The molecule has 1 atom stereocenters. The fourth-order valence-corrected chi connectivity index (χ4v) is 3.27. The topological polar surface area (TPSA) is 49.4 Å². The predicted molar refractivity (Wildman–Crippen MR) is 90.5 cm³/mol. The number of nitrogens with zero attached hydrogens (tertiary/aromatic N) is 1. The summed E-state index contributed by atoms with van der Waals surface area (Å²) in [5.41, 5.74) is 2.29. The smallest absolute Gasteiger partial charge is 0.295 e. The molecule has 2 amide bonds. The average molecular weight is 333 g/mol. The van der Waals surface area contributed by atoms with Crippen molar-refractivity contribution >= 4 is 45.9 Å². The molecule has 1 aliphatic rings. The SMILES string of the molecule is Cc1ccc(Cl)cc1N[C@@H]1SC(=O)N(c2ccccc2)C1=O. The summed E-state index contributed by atoms with van der Waals surface area (Å²) in [6.45, 7) is 1.92. The van der Waals surface area contributed by atoms with Crippen molar-refractivity contribution in [1.82, 2.24) is 0 Å². The molecule has 0 aromatic heterocycles. The Balaban J connectivity index is 1.84. The van der Waals surface area contributed by atoms with E-state index in [4.69, 9.17) is 11.6 Å². The van der Waals surface area contributed by atoms with Crippen LogP contribution in [0.2, 0.25) is 5.02 Å². The van der Waals surface area contributed by atoms with Crippen LogP contribution in [0.5, 0.6) is 0 Å². The number of para-hydroxylation sites is 1. The van der Waals surface area contributed by atoms with E-state index in [1.54, 1.807) is 36.4 Å². The van der Waals surface area contributed by atoms with Gasteiger partial charge in [-0.1, -0.05) is 35.9 Å². The third-order valence-corrected chi connectivity index (χ3v) is 4.52. The third-order valence-electron chi connectivity index (χ3n) is 3.35. The number of carbonyl (C=O) groups excluding carboxylic acids is 2. The third kappa shape index (κ3) is 2.82. The van der Waals surface area contributed by atoms with E-state index >= 15 is 0 Å². The normalized spacial score (nSPS) is 17.9. The van der Waals surface area contributed by atoms with E-state index < -0.39 is 5.37 Å². The quantitative estimate of drug-likeness (QED) is 0.911. The number of nitrogens with one attached hydrogen (secondary N) is 1. The molecule has 1 N–H and O–H groups in total. The molecule has 112 valence electrons.